The van der Waals surface area contributed by atoms with Gasteiger partial charge in [-0.2, -0.15) is 0 Å². The van der Waals surface area contributed by atoms with Crippen LogP contribution in [-0.2, 0) is 9.59 Å². The molecule has 41 heavy (non-hydrogen) atoms. The van der Waals surface area contributed by atoms with Gasteiger partial charge in [0, 0.05) is 5.56 Å². The fourth-order valence-corrected chi connectivity index (χ4v) is 5.88. The van der Waals surface area contributed by atoms with Crippen LogP contribution < -0.4 is 19.1 Å². The van der Waals surface area contributed by atoms with Gasteiger partial charge in [-0.15, -0.1) is 0 Å². The Bertz CT molecular complexity index is 1630. The van der Waals surface area contributed by atoms with Crippen LogP contribution in [0.4, 0.5) is 5.13 Å². The van der Waals surface area contributed by atoms with Crippen LogP contribution in [0, 0.1) is 6.92 Å². The molecule has 1 atom stereocenters. The number of amides is 1. The van der Waals surface area contributed by atoms with Crippen LogP contribution in [-0.4, -0.2) is 41.6 Å². The fourth-order valence-electron chi connectivity index (χ4n) is 4.79. The number of ketones is 1. The Hall–Kier alpha value is -4.37. The number of carbonyl (C=O) groups excluding carboxylic acids is 2. The number of aliphatic hydroxyl groups is 1. The number of thiazole rings is 1. The summed E-state index contributed by atoms with van der Waals surface area (Å²) in [5, 5.41) is 11.9. The number of hydrogen-bond acceptors (Lipinski definition) is 8. The van der Waals surface area contributed by atoms with Crippen molar-refractivity contribution in [2.24, 2.45) is 0 Å². The highest BCUT2D eigenvalue weighted by atomic mass is 32.1. The van der Waals surface area contributed by atoms with Crippen LogP contribution in [0.15, 0.2) is 66.2 Å². The molecule has 1 aliphatic heterocycles. The van der Waals surface area contributed by atoms with E-state index in [1.54, 1.807) is 42.5 Å². The summed E-state index contributed by atoms with van der Waals surface area (Å²) in [7, 11) is 0. The second-order valence-corrected chi connectivity index (χ2v) is 10.6. The number of hydrogen-bond donors (Lipinski definition) is 1. The quantitative estimate of drug-likeness (QED) is 0.127. The summed E-state index contributed by atoms with van der Waals surface area (Å²) >= 11 is 1.32. The molecule has 1 aromatic heterocycles. The molecule has 0 radical (unpaired) electrons. The monoisotopic (exact) mass is 572 g/mol. The lowest BCUT2D eigenvalue weighted by atomic mass is 9.95. The molecule has 212 valence electrons. The summed E-state index contributed by atoms with van der Waals surface area (Å²) in [6, 6.07) is 17.0. The van der Waals surface area contributed by atoms with Crippen molar-refractivity contribution in [3.8, 4) is 17.2 Å². The highest BCUT2D eigenvalue weighted by molar-refractivity contribution is 7.22. The molecular weight excluding hydrogens is 540 g/mol. The van der Waals surface area contributed by atoms with Gasteiger partial charge in [-0.05, 0) is 86.8 Å². The minimum absolute atomic E-state index is 0.0285. The highest BCUT2D eigenvalue weighted by Gasteiger charge is 2.48. The lowest BCUT2D eigenvalue weighted by molar-refractivity contribution is -0.132. The van der Waals surface area contributed by atoms with Crippen molar-refractivity contribution in [2.75, 3.05) is 24.7 Å². The molecule has 0 bridgehead atoms. The number of carbonyl (C=O) groups is 2. The van der Waals surface area contributed by atoms with Crippen molar-refractivity contribution in [1.29, 1.82) is 0 Å². The van der Waals surface area contributed by atoms with Gasteiger partial charge in [-0.3, -0.25) is 14.5 Å². The van der Waals surface area contributed by atoms with Gasteiger partial charge in [0.2, 0.25) is 0 Å². The summed E-state index contributed by atoms with van der Waals surface area (Å²) in [5.74, 6) is -0.139. The van der Waals surface area contributed by atoms with Crippen LogP contribution in [0.1, 0.15) is 49.9 Å². The number of Topliss-reactive ketones (excluding diaryl/α,β-unsaturated/α-hetero) is 1. The Labute approximate surface area is 242 Å². The van der Waals surface area contributed by atoms with Crippen molar-refractivity contribution in [2.45, 2.75) is 40.2 Å². The van der Waals surface area contributed by atoms with Crippen LogP contribution in [0.3, 0.4) is 0 Å². The highest BCUT2D eigenvalue weighted by Crippen LogP contribution is 2.46. The number of rotatable bonds is 10. The second kappa shape index (κ2) is 12.0. The SMILES string of the molecule is CCCOc1ccc(C2/C(=C(\O)c3ccc(OCC)cc3)C(=O)C(=O)N2c2nc3ccc(C)cc3s2)cc1OCC. The zero-order valence-electron chi connectivity index (χ0n) is 23.5. The maximum absolute atomic E-state index is 13.7. The number of aromatic nitrogens is 1. The van der Waals surface area contributed by atoms with Gasteiger partial charge in [-0.1, -0.05) is 30.4 Å². The molecule has 1 fully saturated rings. The van der Waals surface area contributed by atoms with E-state index in [2.05, 4.69) is 0 Å². The molecule has 1 saturated heterocycles. The molecule has 4 aromatic rings. The van der Waals surface area contributed by atoms with E-state index in [9.17, 15) is 14.7 Å². The maximum Gasteiger partial charge on any atom is 0.301 e. The first-order chi connectivity index (χ1) is 19.9. The Morgan fingerprint density at radius 1 is 0.927 bits per heavy atom. The zero-order valence-corrected chi connectivity index (χ0v) is 24.3. The van der Waals surface area contributed by atoms with E-state index in [1.807, 2.05) is 45.9 Å². The summed E-state index contributed by atoms with van der Waals surface area (Å²) < 4.78 is 18.2. The van der Waals surface area contributed by atoms with Crippen LogP contribution >= 0.6 is 11.3 Å². The van der Waals surface area contributed by atoms with E-state index >= 15 is 0 Å². The van der Waals surface area contributed by atoms with E-state index < -0.39 is 17.7 Å². The van der Waals surface area contributed by atoms with Crippen molar-refractivity contribution in [3.63, 3.8) is 0 Å². The Morgan fingerprint density at radius 2 is 1.68 bits per heavy atom. The van der Waals surface area contributed by atoms with Gasteiger partial charge in [0.1, 0.15) is 11.5 Å². The van der Waals surface area contributed by atoms with Crippen LogP contribution in [0.5, 0.6) is 17.2 Å². The van der Waals surface area contributed by atoms with Crippen molar-refractivity contribution >= 4 is 44.1 Å². The summed E-state index contributed by atoms with van der Waals surface area (Å²) in [6.45, 7) is 9.17. The molecule has 1 unspecified atom stereocenters. The molecule has 0 spiro atoms. The van der Waals surface area contributed by atoms with Crippen LogP contribution in [0.2, 0.25) is 0 Å². The molecule has 1 amide bonds. The van der Waals surface area contributed by atoms with Gasteiger partial charge >= 0.3 is 5.91 Å². The first kappa shape index (κ1) is 28.2. The van der Waals surface area contributed by atoms with Gasteiger partial charge in [-0.25, -0.2) is 4.98 Å². The van der Waals surface area contributed by atoms with Gasteiger partial charge in [0.05, 0.1) is 41.7 Å². The minimum Gasteiger partial charge on any atom is -0.507 e. The molecule has 5 rings (SSSR count). The first-order valence-electron chi connectivity index (χ1n) is 13.7. The van der Waals surface area contributed by atoms with Crippen molar-refractivity contribution in [1.82, 2.24) is 4.98 Å². The lowest BCUT2D eigenvalue weighted by Gasteiger charge is -2.24. The molecule has 3 aromatic carbocycles. The van der Waals surface area contributed by atoms with E-state index in [4.69, 9.17) is 19.2 Å². The third-order valence-electron chi connectivity index (χ3n) is 6.67. The molecule has 1 aliphatic rings. The average Bonchev–Trinajstić information content (AvgIpc) is 3.50. The van der Waals surface area contributed by atoms with Gasteiger partial charge in [0.15, 0.2) is 16.6 Å². The normalized spacial score (nSPS) is 16.4. The summed E-state index contributed by atoms with van der Waals surface area (Å²) in [5.41, 5.74) is 2.73. The van der Waals surface area contributed by atoms with Crippen molar-refractivity contribution < 1.29 is 28.9 Å². The number of benzene rings is 3. The Balaban J connectivity index is 1.69. The first-order valence-corrected chi connectivity index (χ1v) is 14.5. The molecule has 1 N–H and O–H groups in total. The maximum atomic E-state index is 13.7. The predicted molar refractivity (Wildman–Crippen MR) is 160 cm³/mol. The lowest BCUT2D eigenvalue weighted by Crippen LogP contribution is -2.29. The smallest absolute Gasteiger partial charge is 0.301 e. The number of anilines is 1. The second-order valence-electron chi connectivity index (χ2n) is 9.58. The topological polar surface area (TPSA) is 98.2 Å². The predicted octanol–water partition coefficient (Wildman–Crippen LogP) is 6.82. The van der Waals surface area contributed by atoms with Gasteiger partial charge < -0.3 is 19.3 Å². The Morgan fingerprint density at radius 3 is 2.39 bits per heavy atom. The largest absolute Gasteiger partial charge is 0.507 e. The third-order valence-corrected chi connectivity index (χ3v) is 7.68. The number of aliphatic hydroxyl groups excluding tert-OH is 1. The number of fused-ring (bicyclic) bond motifs is 1. The fraction of sp³-hybridized carbons (Fsp3) is 0.281. The number of aryl methyl sites for hydroxylation is 1. The standard InChI is InChI=1S/C32H32N2O6S/c1-5-16-40-24-15-11-21(18-25(24)39-7-3)28-27(29(35)20-9-12-22(13-10-20)38-6-2)30(36)31(37)34(28)32-33-23-14-8-19(4)17-26(23)41-32/h8-15,17-18,28,35H,5-7,16H2,1-4H3/b29-27+. The average molecular weight is 573 g/mol. The van der Waals surface area contributed by atoms with E-state index in [0.717, 1.165) is 22.2 Å². The number of nitrogens with zero attached hydrogens (tertiary/aromatic N) is 2. The molecule has 0 aliphatic carbocycles. The molecule has 0 saturated carbocycles. The molecule has 2 heterocycles. The number of ether oxygens (including phenoxy) is 3. The van der Waals surface area contributed by atoms with E-state index in [1.165, 1.54) is 16.2 Å². The minimum atomic E-state index is -0.942. The molecular formula is C32H32N2O6S. The van der Waals surface area contributed by atoms with E-state index in [0.29, 0.717) is 53.3 Å². The summed E-state index contributed by atoms with van der Waals surface area (Å²) in [6.07, 6.45) is 0.826. The molecule has 8 nitrogen and oxygen atoms in total. The third kappa shape index (κ3) is 5.50. The van der Waals surface area contributed by atoms with Crippen molar-refractivity contribution in [3.05, 3.63) is 82.9 Å². The molecule has 9 heteroatoms. The van der Waals surface area contributed by atoms with Crippen LogP contribution in [0.25, 0.3) is 16.0 Å². The van der Waals surface area contributed by atoms with E-state index in [-0.39, 0.29) is 11.3 Å². The zero-order chi connectivity index (χ0) is 29.1. The van der Waals surface area contributed by atoms with Gasteiger partial charge in [0.25, 0.3) is 5.78 Å². The summed E-state index contributed by atoms with van der Waals surface area (Å²) in [4.78, 5) is 33.4. The Kier molecular flexibility index (Phi) is 8.26.